The predicted molar refractivity (Wildman–Crippen MR) is 160 cm³/mol. The number of hydrogen-bond donors (Lipinski definition) is 0. The third kappa shape index (κ3) is 5.28. The maximum Gasteiger partial charge on any atom is 0.246 e. The van der Waals surface area contributed by atoms with Crippen LogP contribution in [0, 0.1) is 18.6 Å². The van der Waals surface area contributed by atoms with Crippen LogP contribution in [0.25, 0.3) is 43.9 Å². The summed E-state index contributed by atoms with van der Waals surface area (Å²) < 4.78 is 43.9. The quantitative estimate of drug-likeness (QED) is 0.163. The van der Waals surface area contributed by atoms with Gasteiger partial charge in [-0.15, -0.1) is 11.3 Å². The highest BCUT2D eigenvalue weighted by atomic mass is 32.1. The van der Waals surface area contributed by atoms with E-state index in [1.54, 1.807) is 24.2 Å². The number of nitrogens with zero attached hydrogens (tertiary/aromatic N) is 6. The molecule has 0 bridgehead atoms. The summed E-state index contributed by atoms with van der Waals surface area (Å²) in [6.07, 6.45) is 4.69. The minimum Gasteiger partial charge on any atom is -0.490 e. The lowest BCUT2D eigenvalue weighted by Gasteiger charge is -2.33. The molecular weight excluding hydrogens is 574 g/mol. The lowest BCUT2D eigenvalue weighted by atomic mass is 9.97. The van der Waals surface area contributed by atoms with Crippen LogP contribution in [-0.2, 0) is 22.6 Å². The molecule has 0 radical (unpaired) electrons. The number of aromatic nitrogens is 5. The van der Waals surface area contributed by atoms with Crippen molar-refractivity contribution < 1.29 is 23.0 Å². The Balaban J connectivity index is 1.62. The molecule has 0 saturated carbocycles. The number of ether oxygens (including phenoxy) is 2. The van der Waals surface area contributed by atoms with Crippen LogP contribution in [0.15, 0.2) is 54.7 Å². The van der Waals surface area contributed by atoms with Crippen molar-refractivity contribution in [3.63, 3.8) is 0 Å². The van der Waals surface area contributed by atoms with E-state index in [1.165, 1.54) is 24.5 Å². The summed E-state index contributed by atoms with van der Waals surface area (Å²) in [5, 5.41) is 7.52. The number of rotatable bonds is 8. The van der Waals surface area contributed by atoms with Crippen LogP contribution in [0.5, 0.6) is 5.75 Å². The van der Waals surface area contributed by atoms with Crippen LogP contribution >= 0.6 is 11.3 Å². The topological polar surface area (TPSA) is 95.3 Å². The highest BCUT2D eigenvalue weighted by Crippen LogP contribution is 2.47. The molecule has 0 saturated heterocycles. The number of carbonyl (C=O) groups excluding carboxylic acids is 1. The number of carbonyl (C=O) groups is 1. The zero-order valence-electron chi connectivity index (χ0n) is 23.8. The Hall–Kier alpha value is -4.55. The van der Waals surface area contributed by atoms with Crippen molar-refractivity contribution in [1.82, 2.24) is 29.6 Å². The Morgan fingerprint density at radius 1 is 1.16 bits per heavy atom. The standard InChI is InChI=1S/C31H28F2N6O3S/c1-5-26(40)38-16-21-12-24(37-39(21)15-17(38)2)30-28(27-23(33)10-20(32)11-25(27)42-8-7-41-4)31-22(6-9-43-31)29(36-30)19-13-34-18(3)35-14-19/h5-6,9-14,17H,1,7-8,15-16H2,2-4H3. The molecule has 5 heterocycles. The van der Waals surface area contributed by atoms with Gasteiger partial charge in [-0.05, 0) is 37.4 Å². The molecule has 4 aromatic heterocycles. The van der Waals surface area contributed by atoms with Crippen molar-refractivity contribution in [2.75, 3.05) is 20.3 Å². The number of amides is 1. The third-order valence-electron chi connectivity index (χ3n) is 7.34. The SMILES string of the molecule is C=CC(=O)N1Cc2cc(-c3nc(-c4cnc(C)nc4)c4ccsc4c3-c3c(F)cc(F)cc3OCCOC)nn2CC1C. The van der Waals surface area contributed by atoms with E-state index in [4.69, 9.17) is 19.6 Å². The number of fused-ring (bicyclic) bond motifs is 2. The van der Waals surface area contributed by atoms with Crippen molar-refractivity contribution in [3.8, 4) is 39.5 Å². The number of thiophene rings is 1. The molecule has 6 rings (SSSR count). The summed E-state index contributed by atoms with van der Waals surface area (Å²) in [7, 11) is 1.52. The first kappa shape index (κ1) is 28.6. The lowest BCUT2D eigenvalue weighted by Crippen LogP contribution is -2.44. The molecule has 0 spiro atoms. The summed E-state index contributed by atoms with van der Waals surface area (Å²) >= 11 is 1.40. The summed E-state index contributed by atoms with van der Waals surface area (Å²) in [6, 6.07) is 5.64. The van der Waals surface area contributed by atoms with E-state index in [0.29, 0.717) is 51.8 Å². The molecule has 1 aliphatic heterocycles. The maximum absolute atomic E-state index is 15.9. The largest absolute Gasteiger partial charge is 0.490 e. The van der Waals surface area contributed by atoms with Gasteiger partial charge in [0.25, 0.3) is 0 Å². The maximum atomic E-state index is 15.9. The molecule has 1 atom stereocenters. The monoisotopic (exact) mass is 602 g/mol. The Morgan fingerprint density at radius 2 is 1.95 bits per heavy atom. The van der Waals surface area contributed by atoms with Gasteiger partial charge < -0.3 is 14.4 Å². The van der Waals surface area contributed by atoms with E-state index in [9.17, 15) is 9.18 Å². The van der Waals surface area contributed by atoms with E-state index in [2.05, 4.69) is 16.5 Å². The highest BCUT2D eigenvalue weighted by molar-refractivity contribution is 7.18. The number of hydrogen-bond acceptors (Lipinski definition) is 8. The van der Waals surface area contributed by atoms with Crippen LogP contribution < -0.4 is 4.74 Å². The third-order valence-corrected chi connectivity index (χ3v) is 8.27. The van der Waals surface area contributed by atoms with Crippen LogP contribution in [0.4, 0.5) is 8.78 Å². The first-order chi connectivity index (χ1) is 20.8. The first-order valence-electron chi connectivity index (χ1n) is 13.6. The van der Waals surface area contributed by atoms with Gasteiger partial charge in [0.1, 0.15) is 41.2 Å². The van der Waals surface area contributed by atoms with E-state index in [1.807, 2.05) is 29.1 Å². The predicted octanol–water partition coefficient (Wildman–Crippen LogP) is 5.81. The molecule has 1 aliphatic rings. The van der Waals surface area contributed by atoms with Gasteiger partial charge in [0.2, 0.25) is 5.91 Å². The van der Waals surface area contributed by atoms with Gasteiger partial charge in [-0.1, -0.05) is 6.58 Å². The average molecular weight is 603 g/mol. The van der Waals surface area contributed by atoms with Gasteiger partial charge in [0, 0.05) is 58.9 Å². The van der Waals surface area contributed by atoms with Gasteiger partial charge in [-0.25, -0.2) is 23.7 Å². The van der Waals surface area contributed by atoms with E-state index in [0.717, 1.165) is 23.2 Å². The van der Waals surface area contributed by atoms with E-state index >= 15 is 4.39 Å². The van der Waals surface area contributed by atoms with Gasteiger partial charge in [0.15, 0.2) is 0 Å². The summed E-state index contributed by atoms with van der Waals surface area (Å²) in [5.74, 6) is -1.09. The van der Waals surface area contributed by atoms with Gasteiger partial charge in [-0.3, -0.25) is 9.48 Å². The zero-order chi connectivity index (χ0) is 30.2. The number of methoxy groups -OCH3 is 1. The van der Waals surface area contributed by atoms with Crippen LogP contribution in [0.3, 0.4) is 0 Å². The minimum atomic E-state index is -0.795. The average Bonchev–Trinajstić information content (AvgIpc) is 3.64. The molecule has 1 unspecified atom stereocenters. The van der Waals surface area contributed by atoms with Crippen molar-refractivity contribution in [1.29, 1.82) is 0 Å². The Labute approximate surface area is 250 Å². The Bertz CT molecular complexity index is 1850. The van der Waals surface area contributed by atoms with Gasteiger partial charge >= 0.3 is 0 Å². The molecule has 43 heavy (non-hydrogen) atoms. The van der Waals surface area contributed by atoms with Crippen LogP contribution in [-0.4, -0.2) is 61.9 Å². The molecule has 0 aliphatic carbocycles. The second-order valence-corrected chi connectivity index (χ2v) is 11.1. The van der Waals surface area contributed by atoms with Crippen molar-refractivity contribution in [3.05, 3.63) is 77.8 Å². The summed E-state index contributed by atoms with van der Waals surface area (Å²) in [4.78, 5) is 28.0. The van der Waals surface area contributed by atoms with Crippen LogP contribution in [0.2, 0.25) is 0 Å². The highest BCUT2D eigenvalue weighted by Gasteiger charge is 2.30. The van der Waals surface area contributed by atoms with E-state index < -0.39 is 11.6 Å². The smallest absolute Gasteiger partial charge is 0.246 e. The van der Waals surface area contributed by atoms with E-state index in [-0.39, 0.29) is 36.5 Å². The molecule has 0 N–H and O–H groups in total. The van der Waals surface area contributed by atoms with Gasteiger partial charge in [0.05, 0.1) is 36.6 Å². The molecule has 1 amide bonds. The molecule has 12 heteroatoms. The fraction of sp³-hybridized carbons (Fsp3) is 0.258. The number of benzene rings is 1. The molecule has 220 valence electrons. The second kappa shape index (κ2) is 11.6. The zero-order valence-corrected chi connectivity index (χ0v) is 24.6. The van der Waals surface area contributed by atoms with Crippen molar-refractivity contribution >= 4 is 27.3 Å². The fourth-order valence-corrected chi connectivity index (χ4v) is 6.22. The normalized spacial score (nSPS) is 14.6. The number of halogens is 2. The minimum absolute atomic E-state index is 0.0269. The molecule has 1 aromatic carbocycles. The summed E-state index contributed by atoms with van der Waals surface area (Å²) in [6.45, 7) is 8.47. The molecular formula is C31H28F2N6O3S. The number of pyridine rings is 1. The first-order valence-corrected chi connectivity index (χ1v) is 14.5. The number of aryl methyl sites for hydroxylation is 1. The van der Waals surface area contributed by atoms with Crippen molar-refractivity contribution in [2.45, 2.75) is 33.0 Å². The summed E-state index contributed by atoms with van der Waals surface area (Å²) in [5.41, 5.74) is 3.42. The molecule has 0 fully saturated rings. The van der Waals surface area contributed by atoms with Gasteiger partial charge in [-0.2, -0.15) is 5.10 Å². The second-order valence-electron chi connectivity index (χ2n) is 10.2. The Morgan fingerprint density at radius 3 is 2.70 bits per heavy atom. The lowest BCUT2D eigenvalue weighted by molar-refractivity contribution is -0.129. The van der Waals surface area contributed by atoms with Crippen LogP contribution in [0.1, 0.15) is 18.4 Å². The molecule has 5 aromatic rings. The molecule has 9 nitrogen and oxygen atoms in total. The Kier molecular flexibility index (Phi) is 7.72. The van der Waals surface area contributed by atoms with Crippen molar-refractivity contribution in [2.24, 2.45) is 0 Å². The fourth-order valence-electron chi connectivity index (χ4n) is 5.27.